The van der Waals surface area contributed by atoms with Crippen LogP contribution >= 0.6 is 0 Å². The monoisotopic (exact) mass is 169 g/mol. The van der Waals surface area contributed by atoms with Crippen LogP contribution in [0.1, 0.15) is 16.7 Å². The molecule has 0 saturated heterocycles. The zero-order chi connectivity index (χ0) is 9.42. The van der Waals surface area contributed by atoms with Gasteiger partial charge in [0, 0.05) is 0 Å². The minimum Gasteiger partial charge on any atom is -0.0587 e. The van der Waals surface area contributed by atoms with Crippen molar-refractivity contribution >= 4 is 10.8 Å². The molecular formula is C13H13. The molecule has 2 aromatic carbocycles. The Bertz CT molecular complexity index is 453. The van der Waals surface area contributed by atoms with E-state index in [1.165, 1.54) is 27.5 Å². The zero-order valence-electron chi connectivity index (χ0n) is 8.31. The van der Waals surface area contributed by atoms with Gasteiger partial charge in [0.25, 0.3) is 0 Å². The predicted octanol–water partition coefficient (Wildman–Crippen LogP) is 3.57. The smallest absolute Gasteiger partial charge is 0.00645 e. The summed E-state index contributed by atoms with van der Waals surface area (Å²) in [5.74, 6) is 0. The lowest BCUT2D eigenvalue weighted by Crippen LogP contribution is -1.83. The first-order valence-corrected chi connectivity index (χ1v) is 4.57. The highest BCUT2D eigenvalue weighted by Crippen LogP contribution is 2.19. The van der Waals surface area contributed by atoms with Gasteiger partial charge in [0.05, 0.1) is 0 Å². The maximum atomic E-state index is 3.39. The predicted molar refractivity (Wildman–Crippen MR) is 57.0 cm³/mol. The zero-order valence-corrected chi connectivity index (χ0v) is 8.31. The summed E-state index contributed by atoms with van der Waals surface area (Å²) < 4.78 is 0. The van der Waals surface area contributed by atoms with E-state index in [1.807, 2.05) is 0 Å². The van der Waals surface area contributed by atoms with Crippen LogP contribution in [0.2, 0.25) is 0 Å². The van der Waals surface area contributed by atoms with Crippen LogP contribution in [0, 0.1) is 26.8 Å². The Morgan fingerprint density at radius 1 is 1.00 bits per heavy atom. The Hall–Kier alpha value is -1.30. The minimum absolute atomic E-state index is 1.22. The van der Waals surface area contributed by atoms with Crippen molar-refractivity contribution in [2.75, 3.05) is 0 Å². The summed E-state index contributed by atoms with van der Waals surface area (Å²) >= 11 is 0. The molecule has 0 aromatic heterocycles. The molecule has 1 radical (unpaired) electrons. The fourth-order valence-electron chi connectivity index (χ4n) is 1.56. The van der Waals surface area contributed by atoms with Crippen molar-refractivity contribution in [2.24, 2.45) is 0 Å². The van der Waals surface area contributed by atoms with Crippen LogP contribution in [0.3, 0.4) is 0 Å². The first-order chi connectivity index (χ1) is 6.16. The molecule has 0 fully saturated rings. The van der Waals surface area contributed by atoms with E-state index in [0.29, 0.717) is 0 Å². The summed E-state index contributed by atoms with van der Waals surface area (Å²) in [4.78, 5) is 0. The van der Waals surface area contributed by atoms with E-state index in [2.05, 4.69) is 51.1 Å². The number of benzene rings is 2. The lowest BCUT2D eigenvalue weighted by molar-refractivity contribution is 1.35. The quantitative estimate of drug-likeness (QED) is 0.565. The summed E-state index contributed by atoms with van der Waals surface area (Å²) in [6.07, 6.45) is 0. The summed E-state index contributed by atoms with van der Waals surface area (Å²) in [5, 5.41) is 2.51. The van der Waals surface area contributed by atoms with Gasteiger partial charge < -0.3 is 0 Å². The molecule has 0 unspecified atom stereocenters. The van der Waals surface area contributed by atoms with Crippen molar-refractivity contribution in [1.82, 2.24) is 0 Å². The first-order valence-electron chi connectivity index (χ1n) is 4.57. The molecule has 0 spiro atoms. The van der Waals surface area contributed by atoms with Crippen LogP contribution in [0.4, 0.5) is 0 Å². The molecule has 0 amide bonds. The molecule has 0 aliphatic rings. The Morgan fingerprint density at radius 3 is 2.54 bits per heavy atom. The van der Waals surface area contributed by atoms with Crippen LogP contribution < -0.4 is 0 Å². The Labute approximate surface area is 79.2 Å². The second-order valence-corrected chi connectivity index (χ2v) is 3.67. The fourth-order valence-corrected chi connectivity index (χ4v) is 1.56. The molecule has 0 saturated carbocycles. The largest absolute Gasteiger partial charge is 0.0587 e. The van der Waals surface area contributed by atoms with Gasteiger partial charge in [-0.15, -0.1) is 0 Å². The van der Waals surface area contributed by atoms with Gasteiger partial charge in [0.1, 0.15) is 0 Å². The molecule has 2 rings (SSSR count). The van der Waals surface area contributed by atoms with Crippen molar-refractivity contribution in [3.05, 3.63) is 47.0 Å². The molecule has 0 heterocycles. The average Bonchev–Trinajstić information content (AvgIpc) is 2.08. The van der Waals surface area contributed by atoms with E-state index >= 15 is 0 Å². The maximum Gasteiger partial charge on any atom is -0.00645 e. The molecule has 2 aromatic rings. The molecule has 65 valence electrons. The SMILES string of the molecule is Cc1ccc2[c]c(C)c(C)cc2c1. The summed E-state index contributed by atoms with van der Waals surface area (Å²) in [5.41, 5.74) is 3.87. The third-order valence-corrected chi connectivity index (χ3v) is 2.49. The second kappa shape index (κ2) is 2.88. The summed E-state index contributed by atoms with van der Waals surface area (Å²) in [6.45, 7) is 6.36. The van der Waals surface area contributed by atoms with Crippen molar-refractivity contribution in [3.8, 4) is 0 Å². The van der Waals surface area contributed by atoms with Crippen molar-refractivity contribution in [1.29, 1.82) is 0 Å². The normalized spacial score (nSPS) is 10.7. The van der Waals surface area contributed by atoms with Gasteiger partial charge in [-0.2, -0.15) is 0 Å². The lowest BCUT2D eigenvalue weighted by atomic mass is 10.0. The van der Waals surface area contributed by atoms with E-state index in [9.17, 15) is 0 Å². The molecule has 13 heavy (non-hydrogen) atoms. The molecule has 0 atom stereocenters. The first kappa shape index (κ1) is 8.31. The van der Waals surface area contributed by atoms with Gasteiger partial charge in [-0.1, -0.05) is 29.8 Å². The third-order valence-electron chi connectivity index (χ3n) is 2.49. The van der Waals surface area contributed by atoms with Crippen LogP contribution in [0.15, 0.2) is 24.3 Å². The minimum atomic E-state index is 1.22. The lowest BCUT2D eigenvalue weighted by Gasteiger charge is -2.03. The highest BCUT2D eigenvalue weighted by molar-refractivity contribution is 5.84. The van der Waals surface area contributed by atoms with Crippen LogP contribution in [0.25, 0.3) is 10.8 Å². The fraction of sp³-hybridized carbons (Fsp3) is 0.231. The number of rotatable bonds is 0. The summed E-state index contributed by atoms with van der Waals surface area (Å²) in [7, 11) is 0. The maximum absolute atomic E-state index is 3.39. The van der Waals surface area contributed by atoms with Gasteiger partial charge in [0.2, 0.25) is 0 Å². The van der Waals surface area contributed by atoms with Gasteiger partial charge >= 0.3 is 0 Å². The average molecular weight is 169 g/mol. The van der Waals surface area contributed by atoms with Crippen LogP contribution in [-0.4, -0.2) is 0 Å². The van der Waals surface area contributed by atoms with Crippen molar-refractivity contribution in [3.63, 3.8) is 0 Å². The van der Waals surface area contributed by atoms with Gasteiger partial charge in [-0.3, -0.25) is 0 Å². The number of aryl methyl sites for hydroxylation is 3. The van der Waals surface area contributed by atoms with Crippen LogP contribution in [-0.2, 0) is 0 Å². The van der Waals surface area contributed by atoms with E-state index in [4.69, 9.17) is 0 Å². The Kier molecular flexibility index (Phi) is 1.84. The highest BCUT2D eigenvalue weighted by Gasteiger charge is 1.97. The van der Waals surface area contributed by atoms with Gasteiger partial charge in [0.15, 0.2) is 0 Å². The van der Waals surface area contributed by atoms with Gasteiger partial charge in [-0.05, 0) is 48.7 Å². The van der Waals surface area contributed by atoms with E-state index in [0.717, 1.165) is 0 Å². The van der Waals surface area contributed by atoms with Gasteiger partial charge in [-0.25, -0.2) is 0 Å². The molecule has 0 bridgehead atoms. The number of fused-ring (bicyclic) bond motifs is 1. The standard InChI is InChI=1S/C13H13/c1-9-4-5-12-7-10(2)11(3)8-13(12)6-9/h4-6,8H,1-3H3. The second-order valence-electron chi connectivity index (χ2n) is 3.67. The highest BCUT2D eigenvalue weighted by atomic mass is 14.0. The van der Waals surface area contributed by atoms with E-state index in [-0.39, 0.29) is 0 Å². The van der Waals surface area contributed by atoms with Crippen molar-refractivity contribution in [2.45, 2.75) is 20.8 Å². The van der Waals surface area contributed by atoms with Crippen molar-refractivity contribution < 1.29 is 0 Å². The molecule has 0 heteroatoms. The Morgan fingerprint density at radius 2 is 1.77 bits per heavy atom. The van der Waals surface area contributed by atoms with Crippen LogP contribution in [0.5, 0.6) is 0 Å². The molecule has 0 N–H and O–H groups in total. The Balaban J connectivity index is 2.81. The molecule has 0 aliphatic carbocycles. The summed E-state index contributed by atoms with van der Waals surface area (Å²) in [6, 6.07) is 12.1. The third kappa shape index (κ3) is 1.44. The number of hydrogen-bond acceptors (Lipinski definition) is 0. The molecular weight excluding hydrogens is 156 g/mol. The number of hydrogen-bond donors (Lipinski definition) is 0. The topological polar surface area (TPSA) is 0 Å². The van der Waals surface area contributed by atoms with E-state index < -0.39 is 0 Å². The molecule has 0 aliphatic heterocycles. The molecule has 0 nitrogen and oxygen atoms in total. The van der Waals surface area contributed by atoms with E-state index in [1.54, 1.807) is 0 Å².